The topological polar surface area (TPSA) is 63.3 Å². The van der Waals surface area contributed by atoms with Crippen LogP contribution in [-0.2, 0) is 4.79 Å². The van der Waals surface area contributed by atoms with Crippen LogP contribution in [0.3, 0.4) is 0 Å². The predicted octanol–water partition coefficient (Wildman–Crippen LogP) is 3.42. The number of nitrogens with two attached hydrogens (primary N) is 1. The fourth-order valence-corrected chi connectivity index (χ4v) is 1.53. The van der Waals surface area contributed by atoms with Gasteiger partial charge in [-0.15, -0.1) is 0 Å². The smallest absolute Gasteiger partial charge is 0.300 e. The third kappa shape index (κ3) is 23.3. The summed E-state index contributed by atoms with van der Waals surface area (Å²) in [6, 6.07) is 0. The summed E-state index contributed by atoms with van der Waals surface area (Å²) in [5.41, 5.74) is 5.48. The van der Waals surface area contributed by atoms with Crippen molar-refractivity contribution < 1.29 is 9.90 Å². The first kappa shape index (κ1) is 17.8. The SMILES string of the molecule is CC(=O)O.CCCCCCCC(C)CCN. The quantitative estimate of drug-likeness (QED) is 0.629. The molecule has 98 valence electrons. The fourth-order valence-electron chi connectivity index (χ4n) is 1.53. The Morgan fingerprint density at radius 3 is 2.12 bits per heavy atom. The lowest BCUT2D eigenvalue weighted by molar-refractivity contribution is -0.134. The molecule has 0 rings (SSSR count). The predicted molar refractivity (Wildman–Crippen MR) is 69.5 cm³/mol. The van der Waals surface area contributed by atoms with E-state index >= 15 is 0 Å². The van der Waals surface area contributed by atoms with Gasteiger partial charge in [0.15, 0.2) is 0 Å². The van der Waals surface area contributed by atoms with Crippen molar-refractivity contribution >= 4 is 5.97 Å². The van der Waals surface area contributed by atoms with Gasteiger partial charge in [-0.1, -0.05) is 52.4 Å². The van der Waals surface area contributed by atoms with E-state index in [1.807, 2.05) is 0 Å². The Bertz CT molecular complexity index is 145. The summed E-state index contributed by atoms with van der Waals surface area (Å²) < 4.78 is 0. The van der Waals surface area contributed by atoms with Crippen molar-refractivity contribution in [3.05, 3.63) is 0 Å². The Morgan fingerprint density at radius 1 is 1.19 bits per heavy atom. The molecule has 0 aromatic carbocycles. The fraction of sp³-hybridized carbons (Fsp3) is 0.923. The van der Waals surface area contributed by atoms with Gasteiger partial charge in [0.2, 0.25) is 0 Å². The van der Waals surface area contributed by atoms with Gasteiger partial charge in [-0.3, -0.25) is 4.79 Å². The molecule has 1 unspecified atom stereocenters. The van der Waals surface area contributed by atoms with Gasteiger partial charge in [-0.2, -0.15) is 0 Å². The highest BCUT2D eigenvalue weighted by Gasteiger charge is 1.99. The van der Waals surface area contributed by atoms with Crippen molar-refractivity contribution in [2.45, 2.75) is 65.7 Å². The van der Waals surface area contributed by atoms with Crippen LogP contribution in [0.15, 0.2) is 0 Å². The molecule has 0 heterocycles. The summed E-state index contributed by atoms with van der Waals surface area (Å²) in [5.74, 6) is 0.0108. The standard InChI is InChI=1S/C11H25N.C2H4O2/c1-3-4-5-6-7-8-11(2)9-10-12;1-2(3)4/h11H,3-10,12H2,1-2H3;1H3,(H,3,4). The van der Waals surface area contributed by atoms with Crippen LogP contribution >= 0.6 is 0 Å². The summed E-state index contributed by atoms with van der Waals surface area (Å²) >= 11 is 0. The summed E-state index contributed by atoms with van der Waals surface area (Å²) in [5, 5.41) is 7.42. The van der Waals surface area contributed by atoms with E-state index in [0.29, 0.717) is 0 Å². The van der Waals surface area contributed by atoms with E-state index in [0.717, 1.165) is 19.4 Å². The Labute approximate surface area is 100 Å². The molecule has 3 nitrogen and oxygen atoms in total. The van der Waals surface area contributed by atoms with Crippen molar-refractivity contribution in [2.75, 3.05) is 6.54 Å². The van der Waals surface area contributed by atoms with Gasteiger partial charge in [-0.25, -0.2) is 0 Å². The van der Waals surface area contributed by atoms with Crippen LogP contribution in [0.5, 0.6) is 0 Å². The minimum atomic E-state index is -0.833. The van der Waals surface area contributed by atoms with E-state index in [2.05, 4.69) is 13.8 Å². The number of aliphatic carboxylic acids is 1. The summed E-state index contributed by atoms with van der Waals surface area (Å²) in [6.45, 7) is 6.51. The molecular formula is C13H29NO2. The van der Waals surface area contributed by atoms with Crippen LogP contribution in [0.1, 0.15) is 65.7 Å². The van der Waals surface area contributed by atoms with Crippen molar-refractivity contribution in [1.29, 1.82) is 0 Å². The second kappa shape index (κ2) is 14.4. The Balaban J connectivity index is 0. The largest absolute Gasteiger partial charge is 0.481 e. The number of hydrogen-bond acceptors (Lipinski definition) is 2. The van der Waals surface area contributed by atoms with Crippen LogP contribution in [0.2, 0.25) is 0 Å². The number of carbonyl (C=O) groups is 1. The molecule has 0 saturated carbocycles. The van der Waals surface area contributed by atoms with E-state index in [-0.39, 0.29) is 0 Å². The lowest BCUT2D eigenvalue weighted by Gasteiger charge is -2.08. The van der Waals surface area contributed by atoms with Crippen molar-refractivity contribution in [3.63, 3.8) is 0 Å². The van der Waals surface area contributed by atoms with E-state index in [1.165, 1.54) is 44.9 Å². The Kier molecular flexibility index (Phi) is 16.1. The molecule has 3 heteroatoms. The van der Waals surface area contributed by atoms with Gasteiger partial charge in [0, 0.05) is 6.92 Å². The maximum absolute atomic E-state index is 9.00. The number of unbranched alkanes of at least 4 members (excludes halogenated alkanes) is 4. The second-order valence-corrected chi connectivity index (χ2v) is 4.40. The molecule has 0 aliphatic rings. The molecule has 1 atom stereocenters. The molecular weight excluding hydrogens is 202 g/mol. The number of hydrogen-bond donors (Lipinski definition) is 2. The van der Waals surface area contributed by atoms with E-state index in [9.17, 15) is 0 Å². The normalized spacial score (nSPS) is 11.5. The maximum Gasteiger partial charge on any atom is 0.300 e. The zero-order valence-corrected chi connectivity index (χ0v) is 11.2. The average Bonchev–Trinajstić information content (AvgIpc) is 2.17. The molecule has 0 fully saturated rings. The first-order chi connectivity index (χ1) is 7.54. The third-order valence-corrected chi connectivity index (χ3v) is 2.46. The van der Waals surface area contributed by atoms with E-state index < -0.39 is 5.97 Å². The molecule has 0 radical (unpaired) electrons. The molecule has 3 N–H and O–H groups in total. The zero-order chi connectivity index (χ0) is 12.8. The van der Waals surface area contributed by atoms with Crippen LogP contribution in [0, 0.1) is 5.92 Å². The molecule has 0 bridgehead atoms. The molecule has 0 aliphatic heterocycles. The van der Waals surface area contributed by atoms with E-state index in [4.69, 9.17) is 15.6 Å². The number of rotatable bonds is 8. The molecule has 16 heavy (non-hydrogen) atoms. The van der Waals surface area contributed by atoms with Crippen LogP contribution < -0.4 is 5.73 Å². The third-order valence-electron chi connectivity index (χ3n) is 2.46. The monoisotopic (exact) mass is 231 g/mol. The van der Waals surface area contributed by atoms with Crippen molar-refractivity contribution in [1.82, 2.24) is 0 Å². The average molecular weight is 231 g/mol. The maximum atomic E-state index is 9.00. The summed E-state index contributed by atoms with van der Waals surface area (Å²) in [7, 11) is 0. The highest BCUT2D eigenvalue weighted by Crippen LogP contribution is 2.13. The summed E-state index contributed by atoms with van der Waals surface area (Å²) in [4.78, 5) is 9.00. The zero-order valence-electron chi connectivity index (χ0n) is 11.2. The first-order valence-electron chi connectivity index (χ1n) is 6.44. The molecule has 0 aromatic rings. The first-order valence-corrected chi connectivity index (χ1v) is 6.44. The van der Waals surface area contributed by atoms with Crippen molar-refractivity contribution in [3.8, 4) is 0 Å². The Hall–Kier alpha value is -0.570. The van der Waals surface area contributed by atoms with E-state index in [1.54, 1.807) is 0 Å². The van der Waals surface area contributed by atoms with Crippen LogP contribution in [0.4, 0.5) is 0 Å². The Morgan fingerprint density at radius 2 is 1.69 bits per heavy atom. The van der Waals surface area contributed by atoms with Gasteiger partial charge >= 0.3 is 0 Å². The minimum absolute atomic E-state index is 0.833. The molecule has 0 amide bonds. The lowest BCUT2D eigenvalue weighted by atomic mass is 9.99. The van der Waals surface area contributed by atoms with Crippen LogP contribution in [0.25, 0.3) is 0 Å². The molecule has 0 aromatic heterocycles. The van der Waals surface area contributed by atoms with Crippen molar-refractivity contribution in [2.24, 2.45) is 11.7 Å². The highest BCUT2D eigenvalue weighted by molar-refractivity contribution is 5.62. The number of carboxylic acids is 1. The lowest BCUT2D eigenvalue weighted by Crippen LogP contribution is -2.05. The van der Waals surface area contributed by atoms with Gasteiger partial charge in [0.1, 0.15) is 0 Å². The van der Waals surface area contributed by atoms with Crippen LogP contribution in [-0.4, -0.2) is 17.6 Å². The van der Waals surface area contributed by atoms with Gasteiger partial charge < -0.3 is 10.8 Å². The second-order valence-electron chi connectivity index (χ2n) is 4.40. The minimum Gasteiger partial charge on any atom is -0.481 e. The highest BCUT2D eigenvalue weighted by atomic mass is 16.4. The molecule has 0 spiro atoms. The molecule has 0 saturated heterocycles. The van der Waals surface area contributed by atoms with Gasteiger partial charge in [-0.05, 0) is 18.9 Å². The van der Waals surface area contributed by atoms with Gasteiger partial charge in [0.25, 0.3) is 5.97 Å². The van der Waals surface area contributed by atoms with Gasteiger partial charge in [0.05, 0.1) is 0 Å². The molecule has 0 aliphatic carbocycles. The summed E-state index contributed by atoms with van der Waals surface area (Å²) in [6.07, 6.45) is 9.58. The number of carboxylic acid groups (broad SMARTS) is 1.